The van der Waals surface area contributed by atoms with Gasteiger partial charge in [0, 0.05) is 64.8 Å². The highest BCUT2D eigenvalue weighted by molar-refractivity contribution is 7.89. The monoisotopic (exact) mass is 416 g/mol. The van der Waals surface area contributed by atoms with Crippen LogP contribution in [0.4, 0.5) is 0 Å². The van der Waals surface area contributed by atoms with Gasteiger partial charge < -0.3 is 15.1 Å². The molecule has 10 heteroatoms. The number of nitrogens with zero attached hydrogens (tertiary/aromatic N) is 3. The maximum absolute atomic E-state index is 12.8. The molecule has 2 amide bonds. The zero-order valence-corrected chi connectivity index (χ0v) is 16.9. The van der Waals surface area contributed by atoms with E-state index in [-0.39, 0.29) is 42.2 Å². The summed E-state index contributed by atoms with van der Waals surface area (Å²) in [5, 5.41) is 3.19. The molecule has 0 aliphatic carbocycles. The van der Waals surface area contributed by atoms with Gasteiger partial charge in [0.05, 0.1) is 4.90 Å². The second-order valence-electron chi connectivity index (χ2n) is 6.48. The molecule has 27 heavy (non-hydrogen) atoms. The number of hydrogen-bond acceptors (Lipinski definition) is 5. The first-order chi connectivity index (χ1) is 12.4. The van der Waals surface area contributed by atoms with Crippen molar-refractivity contribution in [3.05, 3.63) is 29.8 Å². The Kier molecular flexibility index (Phi) is 7.21. The fraction of sp³-hybridized carbons (Fsp3) is 0.529. The number of amides is 2. The summed E-state index contributed by atoms with van der Waals surface area (Å²) < 4.78 is 26.9. The van der Waals surface area contributed by atoms with Crippen LogP contribution in [0.15, 0.2) is 29.2 Å². The molecular formula is C17H25ClN4O4S. The first-order valence-corrected chi connectivity index (χ1v) is 10.2. The van der Waals surface area contributed by atoms with Crippen molar-refractivity contribution in [1.82, 2.24) is 19.4 Å². The SMILES string of the molecule is CC(=O)N1CCN(S(=O)(=O)c2ccc(C(=O)N3CCNCC3)cc2)CC1.Cl. The minimum absolute atomic E-state index is 0. The number of carbonyl (C=O) groups excluding carboxylic acids is 2. The molecule has 0 bridgehead atoms. The van der Waals surface area contributed by atoms with Gasteiger partial charge in [-0.2, -0.15) is 4.31 Å². The number of nitrogens with one attached hydrogen (secondary N) is 1. The maximum atomic E-state index is 12.8. The van der Waals surface area contributed by atoms with Gasteiger partial charge in [-0.25, -0.2) is 8.42 Å². The normalized spacial score (nSPS) is 18.7. The summed E-state index contributed by atoms with van der Waals surface area (Å²) >= 11 is 0. The van der Waals surface area contributed by atoms with E-state index in [9.17, 15) is 18.0 Å². The largest absolute Gasteiger partial charge is 0.340 e. The molecular weight excluding hydrogens is 392 g/mol. The van der Waals surface area contributed by atoms with Gasteiger partial charge in [-0.15, -0.1) is 12.4 Å². The Hall–Kier alpha value is -1.68. The van der Waals surface area contributed by atoms with E-state index < -0.39 is 10.0 Å². The van der Waals surface area contributed by atoms with Crippen molar-refractivity contribution in [2.24, 2.45) is 0 Å². The van der Waals surface area contributed by atoms with Gasteiger partial charge >= 0.3 is 0 Å². The van der Waals surface area contributed by atoms with Crippen molar-refractivity contribution in [3.63, 3.8) is 0 Å². The van der Waals surface area contributed by atoms with E-state index in [4.69, 9.17) is 0 Å². The van der Waals surface area contributed by atoms with E-state index in [2.05, 4.69) is 5.32 Å². The third kappa shape index (κ3) is 4.78. The van der Waals surface area contributed by atoms with Crippen LogP contribution >= 0.6 is 12.4 Å². The van der Waals surface area contributed by atoms with Crippen LogP contribution in [0.2, 0.25) is 0 Å². The second kappa shape index (κ2) is 9.01. The first-order valence-electron chi connectivity index (χ1n) is 8.75. The van der Waals surface area contributed by atoms with Crippen LogP contribution in [0, 0.1) is 0 Å². The van der Waals surface area contributed by atoms with Crippen molar-refractivity contribution in [3.8, 4) is 0 Å². The molecule has 8 nitrogen and oxygen atoms in total. The Labute approximate surface area is 166 Å². The molecule has 150 valence electrons. The summed E-state index contributed by atoms with van der Waals surface area (Å²) in [7, 11) is -3.62. The zero-order chi connectivity index (χ0) is 18.7. The molecule has 2 aliphatic rings. The molecule has 2 heterocycles. The Balaban J connectivity index is 0.00000261. The lowest BCUT2D eigenvalue weighted by molar-refractivity contribution is -0.129. The van der Waals surface area contributed by atoms with Crippen molar-refractivity contribution in [1.29, 1.82) is 0 Å². The number of carbonyl (C=O) groups is 2. The van der Waals surface area contributed by atoms with Crippen LogP contribution in [0.3, 0.4) is 0 Å². The molecule has 1 N–H and O–H groups in total. The van der Waals surface area contributed by atoms with E-state index in [1.807, 2.05) is 0 Å². The quantitative estimate of drug-likeness (QED) is 0.749. The summed E-state index contributed by atoms with van der Waals surface area (Å²) in [5.74, 6) is -0.122. The molecule has 0 aromatic heterocycles. The first kappa shape index (κ1) is 21.6. The number of benzene rings is 1. The number of rotatable bonds is 3. The minimum atomic E-state index is -3.62. The average molecular weight is 417 g/mol. The fourth-order valence-electron chi connectivity index (χ4n) is 3.21. The van der Waals surface area contributed by atoms with Gasteiger partial charge in [0.25, 0.3) is 5.91 Å². The molecule has 1 aromatic carbocycles. The van der Waals surface area contributed by atoms with Gasteiger partial charge in [-0.05, 0) is 24.3 Å². The number of halogens is 1. The van der Waals surface area contributed by atoms with Gasteiger partial charge in [-0.3, -0.25) is 9.59 Å². The van der Waals surface area contributed by atoms with Crippen LogP contribution < -0.4 is 5.32 Å². The highest BCUT2D eigenvalue weighted by atomic mass is 35.5. The van der Waals surface area contributed by atoms with E-state index in [1.54, 1.807) is 21.9 Å². The molecule has 2 aliphatic heterocycles. The molecule has 2 saturated heterocycles. The third-order valence-electron chi connectivity index (χ3n) is 4.83. The van der Waals surface area contributed by atoms with Crippen LogP contribution in [0.1, 0.15) is 17.3 Å². The second-order valence-corrected chi connectivity index (χ2v) is 8.41. The number of piperazine rings is 2. The molecule has 0 spiro atoms. The summed E-state index contributed by atoms with van der Waals surface area (Å²) in [4.78, 5) is 27.4. The Morgan fingerprint density at radius 3 is 1.96 bits per heavy atom. The van der Waals surface area contributed by atoms with E-state index in [1.165, 1.54) is 23.4 Å². The topological polar surface area (TPSA) is 90.0 Å². The summed E-state index contributed by atoms with van der Waals surface area (Å²) in [5.41, 5.74) is 0.493. The van der Waals surface area contributed by atoms with Gasteiger partial charge in [0.15, 0.2) is 0 Å². The summed E-state index contributed by atoms with van der Waals surface area (Å²) in [6, 6.07) is 6.12. The van der Waals surface area contributed by atoms with Crippen molar-refractivity contribution in [2.75, 3.05) is 52.4 Å². The lowest BCUT2D eigenvalue weighted by Crippen LogP contribution is -2.49. The standard InChI is InChI=1S/C17H24N4O4S.ClH/c1-14(22)19-10-12-21(13-11-19)26(24,25)16-4-2-15(3-5-16)17(23)20-8-6-18-7-9-20;/h2-5,18H,6-13H2,1H3;1H. The van der Waals surface area contributed by atoms with E-state index >= 15 is 0 Å². The van der Waals surface area contributed by atoms with Gasteiger partial charge in [0.1, 0.15) is 0 Å². The minimum Gasteiger partial charge on any atom is -0.340 e. The highest BCUT2D eigenvalue weighted by Gasteiger charge is 2.29. The molecule has 3 rings (SSSR count). The molecule has 2 fully saturated rings. The molecule has 1 aromatic rings. The van der Waals surface area contributed by atoms with Crippen molar-refractivity contribution >= 4 is 34.2 Å². The van der Waals surface area contributed by atoms with Crippen molar-refractivity contribution < 1.29 is 18.0 Å². The molecule has 0 unspecified atom stereocenters. The van der Waals surface area contributed by atoms with Gasteiger partial charge in [-0.1, -0.05) is 0 Å². The molecule has 0 saturated carbocycles. The highest BCUT2D eigenvalue weighted by Crippen LogP contribution is 2.19. The van der Waals surface area contributed by atoms with Crippen LogP contribution in [-0.2, 0) is 14.8 Å². The summed E-state index contributed by atoms with van der Waals surface area (Å²) in [6.45, 7) is 5.68. The Morgan fingerprint density at radius 1 is 0.889 bits per heavy atom. The third-order valence-corrected chi connectivity index (χ3v) is 6.74. The maximum Gasteiger partial charge on any atom is 0.253 e. The predicted molar refractivity (Wildman–Crippen MR) is 103 cm³/mol. The number of sulfonamides is 1. The van der Waals surface area contributed by atoms with Crippen molar-refractivity contribution in [2.45, 2.75) is 11.8 Å². The van der Waals surface area contributed by atoms with Crippen LogP contribution in [-0.4, -0.2) is 86.7 Å². The van der Waals surface area contributed by atoms with Crippen LogP contribution in [0.5, 0.6) is 0 Å². The Bertz CT molecular complexity index is 771. The summed E-state index contributed by atoms with van der Waals surface area (Å²) in [6.07, 6.45) is 0. The Morgan fingerprint density at radius 2 is 1.44 bits per heavy atom. The molecule has 0 atom stereocenters. The fourth-order valence-corrected chi connectivity index (χ4v) is 4.63. The average Bonchev–Trinajstić information content (AvgIpc) is 2.68. The van der Waals surface area contributed by atoms with Crippen LogP contribution in [0.25, 0.3) is 0 Å². The van der Waals surface area contributed by atoms with E-state index in [0.717, 1.165) is 13.1 Å². The lowest BCUT2D eigenvalue weighted by Gasteiger charge is -2.33. The number of hydrogen-bond donors (Lipinski definition) is 1. The van der Waals surface area contributed by atoms with Gasteiger partial charge in [0.2, 0.25) is 15.9 Å². The smallest absolute Gasteiger partial charge is 0.253 e. The molecule has 0 radical (unpaired) electrons. The zero-order valence-electron chi connectivity index (χ0n) is 15.3. The predicted octanol–water partition coefficient (Wildman–Crippen LogP) is 0.00660. The van der Waals surface area contributed by atoms with E-state index in [0.29, 0.717) is 31.7 Å². The lowest BCUT2D eigenvalue weighted by atomic mass is 10.2.